The Morgan fingerprint density at radius 2 is 2.00 bits per heavy atom. The Bertz CT molecular complexity index is 724. The van der Waals surface area contributed by atoms with Crippen LogP contribution in [0.4, 0.5) is 0 Å². The van der Waals surface area contributed by atoms with Crippen molar-refractivity contribution in [3.05, 3.63) is 41.8 Å². The molecule has 0 aliphatic carbocycles. The summed E-state index contributed by atoms with van der Waals surface area (Å²) in [5.41, 5.74) is 1.76. The molecule has 0 atom stereocenters. The van der Waals surface area contributed by atoms with E-state index in [0.29, 0.717) is 5.02 Å². The number of benzene rings is 1. The van der Waals surface area contributed by atoms with Gasteiger partial charge in [-0.15, -0.1) is 11.8 Å². The fraction of sp³-hybridized carbons (Fsp3) is 0.214. The van der Waals surface area contributed by atoms with Crippen LogP contribution in [0.25, 0.3) is 16.7 Å². The van der Waals surface area contributed by atoms with Gasteiger partial charge in [-0.25, -0.2) is 14.6 Å². The van der Waals surface area contributed by atoms with Gasteiger partial charge in [-0.2, -0.15) is 5.10 Å². The first-order valence-electron chi connectivity index (χ1n) is 6.37. The molecule has 20 heavy (non-hydrogen) atoms. The Kier molecular flexibility index (Phi) is 3.89. The van der Waals surface area contributed by atoms with Gasteiger partial charge in [-0.1, -0.05) is 18.5 Å². The van der Waals surface area contributed by atoms with Gasteiger partial charge in [-0.3, -0.25) is 0 Å². The molecule has 0 unspecified atom stereocenters. The first kappa shape index (κ1) is 13.4. The minimum atomic E-state index is 0.707. The van der Waals surface area contributed by atoms with Crippen molar-refractivity contribution >= 4 is 34.4 Å². The second-order valence-electron chi connectivity index (χ2n) is 4.30. The van der Waals surface area contributed by atoms with Crippen LogP contribution in [-0.4, -0.2) is 25.5 Å². The number of aromatic nitrogens is 4. The van der Waals surface area contributed by atoms with Gasteiger partial charge in [-0.05, 0) is 36.4 Å². The number of nitrogens with zero attached hydrogens (tertiary/aromatic N) is 4. The van der Waals surface area contributed by atoms with E-state index in [0.717, 1.165) is 33.9 Å². The molecule has 2 heterocycles. The molecule has 0 radical (unpaired) electrons. The molecule has 4 nitrogen and oxygen atoms in total. The van der Waals surface area contributed by atoms with E-state index in [1.165, 1.54) is 0 Å². The van der Waals surface area contributed by atoms with Crippen molar-refractivity contribution in [3.8, 4) is 5.69 Å². The Hall–Kier alpha value is -1.59. The quantitative estimate of drug-likeness (QED) is 0.540. The van der Waals surface area contributed by atoms with E-state index in [-0.39, 0.29) is 0 Å². The second kappa shape index (κ2) is 5.81. The molecule has 3 aromatic rings. The Balaban J connectivity index is 2.07. The highest BCUT2D eigenvalue weighted by Gasteiger charge is 2.11. The van der Waals surface area contributed by atoms with E-state index in [2.05, 4.69) is 22.0 Å². The number of thioether (sulfide) groups is 1. The number of fused-ring (bicyclic) bond motifs is 1. The van der Waals surface area contributed by atoms with Gasteiger partial charge < -0.3 is 0 Å². The van der Waals surface area contributed by atoms with Crippen molar-refractivity contribution < 1.29 is 0 Å². The molecule has 2 aromatic heterocycles. The summed E-state index contributed by atoms with van der Waals surface area (Å²) in [6, 6.07) is 7.54. The zero-order valence-corrected chi connectivity index (χ0v) is 12.5. The summed E-state index contributed by atoms with van der Waals surface area (Å²) in [6.45, 7) is 2.16. The third kappa shape index (κ3) is 2.51. The van der Waals surface area contributed by atoms with Crippen LogP contribution < -0.4 is 0 Å². The molecule has 102 valence electrons. The summed E-state index contributed by atoms with van der Waals surface area (Å²) in [6.07, 6.45) is 4.53. The van der Waals surface area contributed by atoms with Crippen molar-refractivity contribution in [3.63, 3.8) is 0 Å². The fourth-order valence-electron chi connectivity index (χ4n) is 1.91. The van der Waals surface area contributed by atoms with E-state index in [9.17, 15) is 0 Å². The lowest BCUT2D eigenvalue weighted by Gasteiger charge is -2.04. The number of rotatable bonds is 4. The molecule has 1 aromatic carbocycles. The lowest BCUT2D eigenvalue weighted by Crippen LogP contribution is -1.97. The summed E-state index contributed by atoms with van der Waals surface area (Å²) >= 11 is 7.65. The van der Waals surface area contributed by atoms with Crippen LogP contribution in [-0.2, 0) is 0 Å². The van der Waals surface area contributed by atoms with Gasteiger partial charge in [0.25, 0.3) is 0 Å². The molecule has 0 aliphatic rings. The SMILES string of the molecule is CCCSc1ncnc2c1cnn2-c1ccc(Cl)cc1. The van der Waals surface area contributed by atoms with Crippen LogP contribution >= 0.6 is 23.4 Å². The molecular weight excluding hydrogens is 292 g/mol. The summed E-state index contributed by atoms with van der Waals surface area (Å²) in [5, 5.41) is 7.10. The van der Waals surface area contributed by atoms with Crippen LogP contribution in [0.2, 0.25) is 5.02 Å². The van der Waals surface area contributed by atoms with Crippen molar-refractivity contribution in [2.45, 2.75) is 18.4 Å². The monoisotopic (exact) mass is 304 g/mol. The van der Waals surface area contributed by atoms with Crippen molar-refractivity contribution in [2.75, 3.05) is 5.75 Å². The summed E-state index contributed by atoms with van der Waals surface area (Å²) in [4.78, 5) is 8.69. The van der Waals surface area contributed by atoms with Gasteiger partial charge in [0.1, 0.15) is 11.4 Å². The minimum Gasteiger partial charge on any atom is -0.229 e. The standard InChI is InChI=1S/C14H13ClN4S/c1-2-7-20-14-12-8-18-19(13(12)16-9-17-14)11-5-3-10(15)4-6-11/h3-6,8-9H,2,7H2,1H3. The maximum absolute atomic E-state index is 5.92. The summed E-state index contributed by atoms with van der Waals surface area (Å²) < 4.78 is 1.81. The Morgan fingerprint density at radius 3 is 2.75 bits per heavy atom. The second-order valence-corrected chi connectivity index (χ2v) is 5.82. The predicted molar refractivity (Wildman–Crippen MR) is 82.7 cm³/mol. The highest BCUT2D eigenvalue weighted by molar-refractivity contribution is 7.99. The maximum atomic E-state index is 5.92. The van der Waals surface area contributed by atoms with Gasteiger partial charge in [0.2, 0.25) is 0 Å². The minimum absolute atomic E-state index is 0.707. The predicted octanol–water partition coefficient (Wildman–Crippen LogP) is 3.97. The third-order valence-corrected chi connectivity index (χ3v) is 4.31. The first-order valence-corrected chi connectivity index (χ1v) is 7.73. The summed E-state index contributed by atoms with van der Waals surface area (Å²) in [5.74, 6) is 1.04. The van der Waals surface area contributed by atoms with Gasteiger partial charge in [0.05, 0.1) is 17.3 Å². The molecule has 0 saturated heterocycles. The Morgan fingerprint density at radius 1 is 1.20 bits per heavy atom. The zero-order valence-electron chi connectivity index (χ0n) is 11.0. The molecule has 3 rings (SSSR count). The maximum Gasteiger partial charge on any atom is 0.167 e. The lowest BCUT2D eigenvalue weighted by atomic mass is 10.3. The number of halogens is 1. The molecule has 0 saturated carbocycles. The molecule has 0 aliphatic heterocycles. The Labute approximate surface area is 126 Å². The van der Waals surface area contributed by atoms with Crippen LogP contribution in [0.1, 0.15) is 13.3 Å². The van der Waals surface area contributed by atoms with Crippen LogP contribution in [0.3, 0.4) is 0 Å². The van der Waals surface area contributed by atoms with Gasteiger partial charge in [0, 0.05) is 5.02 Å². The highest BCUT2D eigenvalue weighted by atomic mass is 35.5. The van der Waals surface area contributed by atoms with Crippen molar-refractivity contribution in [1.29, 1.82) is 0 Å². The van der Waals surface area contributed by atoms with E-state index < -0.39 is 0 Å². The number of hydrogen-bond acceptors (Lipinski definition) is 4. The van der Waals surface area contributed by atoms with E-state index in [4.69, 9.17) is 11.6 Å². The smallest absolute Gasteiger partial charge is 0.167 e. The van der Waals surface area contributed by atoms with Gasteiger partial charge >= 0.3 is 0 Å². The molecule has 0 amide bonds. The lowest BCUT2D eigenvalue weighted by molar-refractivity contribution is 0.893. The molecule has 0 fully saturated rings. The van der Waals surface area contributed by atoms with Crippen molar-refractivity contribution in [1.82, 2.24) is 19.7 Å². The number of hydrogen-bond donors (Lipinski definition) is 0. The third-order valence-electron chi connectivity index (χ3n) is 2.84. The van der Waals surface area contributed by atoms with E-state index in [1.54, 1.807) is 18.1 Å². The van der Waals surface area contributed by atoms with Crippen LogP contribution in [0.15, 0.2) is 41.8 Å². The van der Waals surface area contributed by atoms with Crippen LogP contribution in [0.5, 0.6) is 0 Å². The highest BCUT2D eigenvalue weighted by Crippen LogP contribution is 2.26. The molecule has 0 bridgehead atoms. The normalized spacial score (nSPS) is 11.1. The molecule has 0 N–H and O–H groups in total. The topological polar surface area (TPSA) is 43.6 Å². The van der Waals surface area contributed by atoms with E-state index >= 15 is 0 Å². The van der Waals surface area contributed by atoms with Crippen molar-refractivity contribution in [2.24, 2.45) is 0 Å². The molecule has 0 spiro atoms. The zero-order chi connectivity index (χ0) is 13.9. The van der Waals surface area contributed by atoms with Gasteiger partial charge in [0.15, 0.2) is 5.65 Å². The van der Waals surface area contributed by atoms with E-state index in [1.807, 2.05) is 35.1 Å². The average molecular weight is 305 g/mol. The largest absolute Gasteiger partial charge is 0.229 e. The van der Waals surface area contributed by atoms with Crippen LogP contribution in [0, 0.1) is 0 Å². The first-order chi connectivity index (χ1) is 9.79. The average Bonchev–Trinajstić information content (AvgIpc) is 2.90. The fourth-order valence-corrected chi connectivity index (χ4v) is 2.85. The molecular formula is C14H13ClN4S. The summed E-state index contributed by atoms with van der Waals surface area (Å²) in [7, 11) is 0. The molecule has 6 heteroatoms.